The molecule has 31 heavy (non-hydrogen) atoms. The van der Waals surface area contributed by atoms with E-state index < -0.39 is 17.4 Å². The van der Waals surface area contributed by atoms with Gasteiger partial charge in [-0.15, -0.1) is 0 Å². The highest BCUT2D eigenvalue weighted by Crippen LogP contribution is 2.31. The Morgan fingerprint density at radius 2 is 1.87 bits per heavy atom. The van der Waals surface area contributed by atoms with E-state index in [1.165, 1.54) is 0 Å². The van der Waals surface area contributed by atoms with Gasteiger partial charge in [0.25, 0.3) is 5.56 Å². The second kappa shape index (κ2) is 7.84. The molecule has 158 valence electrons. The van der Waals surface area contributed by atoms with E-state index in [9.17, 15) is 14.4 Å². The molecule has 5 rings (SSSR count). The van der Waals surface area contributed by atoms with Crippen LogP contribution in [0.3, 0.4) is 0 Å². The number of rotatable bonds is 3. The van der Waals surface area contributed by atoms with E-state index in [4.69, 9.17) is 4.74 Å². The number of fused-ring (bicyclic) bond motifs is 2. The van der Waals surface area contributed by atoms with Crippen molar-refractivity contribution in [3.05, 3.63) is 58.4 Å². The lowest BCUT2D eigenvalue weighted by Crippen LogP contribution is -2.41. The molecule has 2 amide bonds. The number of hydrogen-bond donors (Lipinski definition) is 3. The lowest BCUT2D eigenvalue weighted by molar-refractivity contribution is -0.123. The van der Waals surface area contributed by atoms with Gasteiger partial charge in [-0.25, -0.2) is 0 Å². The Bertz CT molecular complexity index is 1230. The quantitative estimate of drug-likeness (QED) is 0.596. The van der Waals surface area contributed by atoms with E-state index in [0.29, 0.717) is 37.9 Å². The Morgan fingerprint density at radius 1 is 1.10 bits per heavy atom. The maximum atomic E-state index is 13.2. The van der Waals surface area contributed by atoms with Crippen LogP contribution in [-0.4, -0.2) is 48.1 Å². The third kappa shape index (κ3) is 3.64. The van der Waals surface area contributed by atoms with Crippen LogP contribution < -0.4 is 21.1 Å². The van der Waals surface area contributed by atoms with Crippen molar-refractivity contribution >= 4 is 40.0 Å². The van der Waals surface area contributed by atoms with Gasteiger partial charge in [0.15, 0.2) is 0 Å². The Morgan fingerprint density at radius 3 is 2.71 bits per heavy atom. The molecule has 3 heterocycles. The number of carbonyl (C=O) groups excluding carboxylic acids is 2. The molecular formula is C22H21N5O4. The summed E-state index contributed by atoms with van der Waals surface area (Å²) in [6, 6.07) is 13.3. The van der Waals surface area contributed by atoms with E-state index in [2.05, 4.69) is 20.6 Å². The van der Waals surface area contributed by atoms with Gasteiger partial charge in [-0.2, -0.15) is 4.98 Å². The van der Waals surface area contributed by atoms with Crippen molar-refractivity contribution in [2.45, 2.75) is 12.3 Å². The van der Waals surface area contributed by atoms with E-state index in [0.717, 1.165) is 10.8 Å². The molecule has 1 saturated heterocycles. The minimum atomic E-state index is -0.933. The van der Waals surface area contributed by atoms with Crippen LogP contribution in [0.25, 0.3) is 10.8 Å². The second-order valence-electron chi connectivity index (χ2n) is 7.57. The fraction of sp³-hybridized carbons (Fsp3) is 0.273. The summed E-state index contributed by atoms with van der Waals surface area (Å²) in [5.41, 5.74) is 0.379. The molecular weight excluding hydrogens is 398 g/mol. The van der Waals surface area contributed by atoms with Crippen LogP contribution in [0.5, 0.6) is 0 Å². The van der Waals surface area contributed by atoms with Gasteiger partial charge < -0.3 is 20.3 Å². The molecule has 3 N–H and O–H groups in total. The molecule has 0 radical (unpaired) electrons. The van der Waals surface area contributed by atoms with E-state index in [1.807, 2.05) is 41.3 Å². The number of amides is 2. The van der Waals surface area contributed by atoms with Crippen molar-refractivity contribution in [1.82, 2.24) is 9.97 Å². The van der Waals surface area contributed by atoms with Gasteiger partial charge in [0.2, 0.25) is 17.8 Å². The average molecular weight is 419 g/mol. The molecule has 0 spiro atoms. The zero-order chi connectivity index (χ0) is 21.4. The normalized spacial score (nSPS) is 18.4. The van der Waals surface area contributed by atoms with Crippen molar-refractivity contribution in [2.75, 3.05) is 41.8 Å². The van der Waals surface area contributed by atoms with E-state index in [1.54, 1.807) is 6.07 Å². The monoisotopic (exact) mass is 419 g/mol. The number of H-pyrrole nitrogens is 1. The highest BCUT2D eigenvalue weighted by atomic mass is 16.5. The summed E-state index contributed by atoms with van der Waals surface area (Å²) in [6.07, 6.45) is -0.120. The predicted molar refractivity (Wildman–Crippen MR) is 116 cm³/mol. The summed E-state index contributed by atoms with van der Waals surface area (Å²) in [5, 5.41) is 7.41. The van der Waals surface area contributed by atoms with Crippen LogP contribution in [0, 0.1) is 0 Å². The lowest BCUT2D eigenvalue weighted by atomic mass is 9.92. The average Bonchev–Trinajstić information content (AvgIpc) is 2.79. The molecule has 2 aromatic carbocycles. The molecule has 9 nitrogen and oxygen atoms in total. The number of aromatic amines is 1. The number of carbonyl (C=O) groups is 2. The molecule has 1 aromatic heterocycles. The number of aromatic nitrogens is 2. The molecule has 2 aliphatic rings. The standard InChI is InChI=1S/C22H21N5O4/c28-17-12-15(20(29)23-16-7-3-5-13-4-1-2-6-14(13)16)18-19(24-17)25-22(26-21(18)30)27-8-10-31-11-9-27/h1-7,15H,8-12H2,(H,23,29)(H2,24,25,26,28,30). The topological polar surface area (TPSA) is 116 Å². The minimum Gasteiger partial charge on any atom is -0.378 e. The molecule has 9 heteroatoms. The van der Waals surface area contributed by atoms with Crippen molar-refractivity contribution in [1.29, 1.82) is 0 Å². The van der Waals surface area contributed by atoms with Gasteiger partial charge in [0.1, 0.15) is 5.82 Å². The molecule has 1 unspecified atom stereocenters. The summed E-state index contributed by atoms with van der Waals surface area (Å²) in [4.78, 5) is 47.5. The molecule has 1 atom stereocenters. The van der Waals surface area contributed by atoms with E-state index in [-0.39, 0.29) is 23.7 Å². The predicted octanol–water partition coefficient (Wildman–Crippen LogP) is 1.82. The second-order valence-corrected chi connectivity index (χ2v) is 7.57. The van der Waals surface area contributed by atoms with Gasteiger partial charge in [-0.05, 0) is 11.5 Å². The summed E-state index contributed by atoms with van der Waals surface area (Å²) >= 11 is 0. The Kier molecular flexibility index (Phi) is 4.87. The summed E-state index contributed by atoms with van der Waals surface area (Å²) in [6.45, 7) is 2.23. The molecule has 2 aliphatic heterocycles. The van der Waals surface area contributed by atoms with Crippen LogP contribution in [0.4, 0.5) is 17.5 Å². The number of anilines is 3. The van der Waals surface area contributed by atoms with Crippen molar-refractivity contribution in [2.24, 2.45) is 0 Å². The first-order valence-corrected chi connectivity index (χ1v) is 10.2. The van der Waals surface area contributed by atoms with Crippen LogP contribution in [0.15, 0.2) is 47.3 Å². The maximum Gasteiger partial charge on any atom is 0.258 e. The minimum absolute atomic E-state index is 0.120. The maximum absolute atomic E-state index is 13.2. The first kappa shape index (κ1) is 19.3. The van der Waals surface area contributed by atoms with Gasteiger partial charge in [0.05, 0.1) is 24.7 Å². The molecule has 0 saturated carbocycles. The number of benzene rings is 2. The SMILES string of the molecule is O=C1CC(C(=O)Nc2cccc3ccccc23)c2c(nc(N3CCOCC3)[nH]c2=O)N1. The van der Waals surface area contributed by atoms with Crippen LogP contribution in [0.2, 0.25) is 0 Å². The van der Waals surface area contributed by atoms with Gasteiger partial charge in [-0.3, -0.25) is 19.4 Å². The molecule has 0 aliphatic carbocycles. The third-order valence-corrected chi connectivity index (χ3v) is 5.61. The fourth-order valence-corrected chi connectivity index (χ4v) is 4.06. The first-order chi connectivity index (χ1) is 15.1. The molecule has 0 bridgehead atoms. The summed E-state index contributed by atoms with van der Waals surface area (Å²) in [7, 11) is 0. The lowest BCUT2D eigenvalue weighted by Gasteiger charge is -2.29. The Balaban J connectivity index is 1.48. The van der Waals surface area contributed by atoms with E-state index >= 15 is 0 Å². The summed E-state index contributed by atoms with van der Waals surface area (Å²) in [5.74, 6) is -1.20. The van der Waals surface area contributed by atoms with Crippen molar-refractivity contribution in [3.8, 4) is 0 Å². The third-order valence-electron chi connectivity index (χ3n) is 5.61. The number of morpholine rings is 1. The smallest absolute Gasteiger partial charge is 0.258 e. The van der Waals surface area contributed by atoms with Crippen molar-refractivity contribution in [3.63, 3.8) is 0 Å². The number of ether oxygens (including phenoxy) is 1. The molecule has 1 fully saturated rings. The van der Waals surface area contributed by atoms with Gasteiger partial charge >= 0.3 is 0 Å². The highest BCUT2D eigenvalue weighted by molar-refractivity contribution is 6.08. The number of nitrogens with zero attached hydrogens (tertiary/aromatic N) is 2. The van der Waals surface area contributed by atoms with Crippen molar-refractivity contribution < 1.29 is 14.3 Å². The zero-order valence-corrected chi connectivity index (χ0v) is 16.7. The van der Waals surface area contributed by atoms with Crippen LogP contribution >= 0.6 is 0 Å². The Hall–Kier alpha value is -3.72. The van der Waals surface area contributed by atoms with Crippen LogP contribution in [0.1, 0.15) is 17.9 Å². The Labute approximate surface area is 177 Å². The van der Waals surface area contributed by atoms with Gasteiger partial charge in [-0.1, -0.05) is 36.4 Å². The number of hydrogen-bond acceptors (Lipinski definition) is 6. The zero-order valence-electron chi connectivity index (χ0n) is 16.7. The van der Waals surface area contributed by atoms with Gasteiger partial charge in [0, 0.05) is 30.6 Å². The fourth-order valence-electron chi connectivity index (χ4n) is 4.06. The highest BCUT2D eigenvalue weighted by Gasteiger charge is 2.35. The first-order valence-electron chi connectivity index (χ1n) is 10.2. The number of nitrogens with one attached hydrogen (secondary N) is 3. The largest absolute Gasteiger partial charge is 0.378 e. The summed E-state index contributed by atoms with van der Waals surface area (Å²) < 4.78 is 5.33. The van der Waals surface area contributed by atoms with Crippen LogP contribution in [-0.2, 0) is 14.3 Å². The molecule has 3 aromatic rings.